The molecule has 5 nitrogen and oxygen atoms in total. The van der Waals surface area contributed by atoms with Crippen LogP contribution in [0, 0.1) is 11.6 Å². The third kappa shape index (κ3) is 3.43. The van der Waals surface area contributed by atoms with Crippen molar-refractivity contribution in [3.05, 3.63) is 77.6 Å². The Balaban J connectivity index is 1.68. The number of thioether (sulfide) groups is 1. The zero-order valence-corrected chi connectivity index (χ0v) is 14.7. The largest absolute Gasteiger partial charge is 0.296 e. The highest BCUT2D eigenvalue weighted by Gasteiger charge is 2.14. The normalized spacial score (nSPS) is 11.0. The van der Waals surface area contributed by atoms with E-state index in [0.717, 1.165) is 23.4 Å². The first-order chi connectivity index (χ1) is 13.2. The van der Waals surface area contributed by atoms with E-state index in [-0.39, 0.29) is 22.1 Å². The molecule has 4 aromatic rings. The van der Waals surface area contributed by atoms with Gasteiger partial charge in [-0.15, -0.1) is 16.9 Å². The summed E-state index contributed by atoms with van der Waals surface area (Å²) >= 11 is 1.09. The Morgan fingerprint density at radius 3 is 2.63 bits per heavy atom. The maximum absolute atomic E-state index is 13.8. The highest BCUT2D eigenvalue weighted by Crippen LogP contribution is 2.26. The van der Waals surface area contributed by atoms with Crippen molar-refractivity contribution in [1.29, 1.82) is 0 Å². The Morgan fingerprint density at radius 1 is 1.04 bits per heavy atom. The van der Waals surface area contributed by atoms with E-state index in [2.05, 4.69) is 15.1 Å². The first-order valence-electron chi connectivity index (χ1n) is 8.00. The fourth-order valence-electron chi connectivity index (χ4n) is 2.56. The van der Waals surface area contributed by atoms with Crippen molar-refractivity contribution < 1.29 is 13.6 Å². The van der Waals surface area contributed by atoms with Crippen molar-refractivity contribution in [3.63, 3.8) is 0 Å². The topological polar surface area (TPSA) is 60.2 Å². The van der Waals surface area contributed by atoms with Gasteiger partial charge in [0, 0.05) is 16.2 Å². The molecule has 2 heterocycles. The number of halogens is 2. The van der Waals surface area contributed by atoms with Crippen molar-refractivity contribution in [2.45, 2.75) is 10.6 Å². The lowest BCUT2D eigenvalue weighted by atomic mass is 10.2. The van der Waals surface area contributed by atoms with Crippen LogP contribution in [0.15, 0.2) is 59.5 Å². The third-order valence-electron chi connectivity index (χ3n) is 3.84. The van der Waals surface area contributed by atoms with Crippen LogP contribution in [0.1, 0.15) is 16.2 Å². The molecule has 8 heteroatoms. The van der Waals surface area contributed by atoms with Gasteiger partial charge < -0.3 is 0 Å². The van der Waals surface area contributed by atoms with Crippen LogP contribution in [0.2, 0.25) is 0 Å². The summed E-state index contributed by atoms with van der Waals surface area (Å²) in [4.78, 5) is 20.4. The van der Waals surface area contributed by atoms with E-state index in [1.165, 1.54) is 16.6 Å². The predicted molar refractivity (Wildman–Crippen MR) is 97.5 cm³/mol. The summed E-state index contributed by atoms with van der Waals surface area (Å²) in [7, 11) is 0. The van der Waals surface area contributed by atoms with Crippen LogP contribution < -0.4 is 0 Å². The second-order valence-electron chi connectivity index (χ2n) is 5.64. The Bertz CT molecular complexity index is 1130. The fraction of sp³-hybridized carbons (Fsp3) is 0.0526. The van der Waals surface area contributed by atoms with Gasteiger partial charge in [-0.05, 0) is 18.2 Å². The Kier molecular flexibility index (Phi) is 4.64. The molecule has 0 spiro atoms. The van der Waals surface area contributed by atoms with Gasteiger partial charge in [0.25, 0.3) is 5.78 Å². The molecule has 0 amide bonds. The molecule has 0 aliphatic rings. The van der Waals surface area contributed by atoms with Gasteiger partial charge in [-0.2, -0.15) is 9.50 Å². The van der Waals surface area contributed by atoms with Crippen molar-refractivity contribution in [1.82, 2.24) is 19.6 Å². The molecule has 2 aromatic heterocycles. The number of fused-ring (bicyclic) bond motifs is 1. The summed E-state index contributed by atoms with van der Waals surface area (Å²) in [5.41, 5.74) is 1.60. The smallest absolute Gasteiger partial charge is 0.253 e. The second kappa shape index (κ2) is 7.24. The number of carbonyl (C=O) groups is 1. The van der Waals surface area contributed by atoms with E-state index in [1.807, 2.05) is 30.3 Å². The summed E-state index contributed by atoms with van der Waals surface area (Å²) in [6, 6.07) is 14.9. The van der Waals surface area contributed by atoms with Gasteiger partial charge in [-0.25, -0.2) is 13.8 Å². The SMILES string of the molecule is O=Cc1cc(CSc2cccc(F)c2F)nc2nc(-c3ccccc3)nn12. The highest BCUT2D eigenvalue weighted by atomic mass is 32.2. The summed E-state index contributed by atoms with van der Waals surface area (Å²) in [6.07, 6.45) is 0.662. The van der Waals surface area contributed by atoms with Crippen LogP contribution in [0.4, 0.5) is 8.78 Å². The van der Waals surface area contributed by atoms with Crippen LogP contribution in [0.25, 0.3) is 17.2 Å². The number of aldehydes is 1. The molecule has 0 radical (unpaired) electrons. The third-order valence-corrected chi connectivity index (χ3v) is 4.90. The number of hydrogen-bond acceptors (Lipinski definition) is 5. The molecule has 0 atom stereocenters. The number of nitrogens with zero attached hydrogens (tertiary/aromatic N) is 4. The summed E-state index contributed by atoms with van der Waals surface area (Å²) < 4.78 is 28.5. The Morgan fingerprint density at radius 2 is 1.85 bits per heavy atom. The van der Waals surface area contributed by atoms with Crippen molar-refractivity contribution in [3.8, 4) is 11.4 Å². The average molecular weight is 382 g/mol. The molecule has 0 saturated carbocycles. The summed E-state index contributed by atoms with van der Waals surface area (Å²) in [6.45, 7) is 0. The van der Waals surface area contributed by atoms with E-state index in [1.54, 1.807) is 6.07 Å². The lowest BCUT2D eigenvalue weighted by Crippen LogP contribution is -2.02. The monoisotopic (exact) mass is 382 g/mol. The minimum Gasteiger partial charge on any atom is -0.296 e. The highest BCUT2D eigenvalue weighted by molar-refractivity contribution is 7.98. The van der Waals surface area contributed by atoms with Crippen molar-refractivity contribution in [2.75, 3.05) is 0 Å². The fourth-order valence-corrected chi connectivity index (χ4v) is 3.41. The first kappa shape index (κ1) is 17.3. The van der Waals surface area contributed by atoms with Crippen LogP contribution in [0.5, 0.6) is 0 Å². The van der Waals surface area contributed by atoms with Gasteiger partial charge in [0.1, 0.15) is 5.69 Å². The molecule has 0 fully saturated rings. The van der Waals surface area contributed by atoms with E-state index in [4.69, 9.17) is 0 Å². The van der Waals surface area contributed by atoms with Gasteiger partial charge in [0.2, 0.25) is 0 Å². The lowest BCUT2D eigenvalue weighted by molar-refractivity contribution is 0.111. The molecule has 0 N–H and O–H groups in total. The zero-order valence-electron chi connectivity index (χ0n) is 13.8. The standard InChI is InChI=1S/C19H12F2N4OS/c20-15-7-4-8-16(17(15)21)27-11-13-9-14(10-26)25-19(22-13)23-18(24-25)12-5-2-1-3-6-12/h1-10H,11H2. The minimum atomic E-state index is -0.901. The number of benzene rings is 2. The quantitative estimate of drug-likeness (QED) is 0.383. The molecule has 0 unspecified atom stereocenters. The number of hydrogen-bond donors (Lipinski definition) is 0. The lowest BCUT2D eigenvalue weighted by Gasteiger charge is -2.05. The predicted octanol–water partition coefficient (Wildman–Crippen LogP) is 4.17. The van der Waals surface area contributed by atoms with E-state index in [9.17, 15) is 13.6 Å². The van der Waals surface area contributed by atoms with Gasteiger partial charge in [-0.1, -0.05) is 36.4 Å². The molecule has 134 valence electrons. The van der Waals surface area contributed by atoms with E-state index in [0.29, 0.717) is 17.8 Å². The molecule has 2 aromatic carbocycles. The zero-order chi connectivity index (χ0) is 18.8. The first-order valence-corrected chi connectivity index (χ1v) is 8.98. The number of aromatic nitrogens is 4. The maximum atomic E-state index is 13.8. The van der Waals surface area contributed by atoms with Crippen molar-refractivity contribution in [2.24, 2.45) is 0 Å². The van der Waals surface area contributed by atoms with Gasteiger partial charge >= 0.3 is 0 Å². The molecule has 0 aliphatic heterocycles. The molecule has 0 bridgehead atoms. The van der Waals surface area contributed by atoms with E-state index >= 15 is 0 Å². The number of rotatable bonds is 5. The van der Waals surface area contributed by atoms with Gasteiger partial charge in [0.15, 0.2) is 23.7 Å². The van der Waals surface area contributed by atoms with Crippen LogP contribution >= 0.6 is 11.8 Å². The van der Waals surface area contributed by atoms with Gasteiger partial charge in [-0.3, -0.25) is 4.79 Å². The van der Waals surface area contributed by atoms with E-state index < -0.39 is 11.6 Å². The van der Waals surface area contributed by atoms with Crippen LogP contribution in [0.3, 0.4) is 0 Å². The molecule has 0 saturated heterocycles. The number of carbonyl (C=O) groups excluding carboxylic acids is 1. The van der Waals surface area contributed by atoms with Gasteiger partial charge in [0.05, 0.1) is 5.69 Å². The minimum absolute atomic E-state index is 0.177. The van der Waals surface area contributed by atoms with Crippen LogP contribution in [-0.2, 0) is 5.75 Å². The maximum Gasteiger partial charge on any atom is 0.253 e. The summed E-state index contributed by atoms with van der Waals surface area (Å²) in [5.74, 6) is -0.818. The molecule has 27 heavy (non-hydrogen) atoms. The average Bonchev–Trinajstić information content (AvgIpc) is 3.13. The molecular formula is C19H12F2N4OS. The summed E-state index contributed by atoms with van der Waals surface area (Å²) in [5, 5.41) is 4.33. The Labute approximate surface area is 157 Å². The molecule has 4 rings (SSSR count). The molecule has 0 aliphatic carbocycles. The molecular weight excluding hydrogens is 370 g/mol. The second-order valence-corrected chi connectivity index (χ2v) is 6.66. The van der Waals surface area contributed by atoms with Crippen molar-refractivity contribution >= 4 is 23.8 Å². The van der Waals surface area contributed by atoms with Crippen LogP contribution in [-0.4, -0.2) is 25.9 Å². The Hall–Kier alpha value is -3.13.